The first kappa shape index (κ1) is 17.3. The molecule has 3 rings (SSSR count). The van der Waals surface area contributed by atoms with Crippen molar-refractivity contribution >= 4 is 5.91 Å². The molecule has 2 aromatic carbocycles. The van der Waals surface area contributed by atoms with Crippen LogP contribution in [0.2, 0.25) is 0 Å². The zero-order valence-corrected chi connectivity index (χ0v) is 14.6. The van der Waals surface area contributed by atoms with Crippen molar-refractivity contribution in [1.82, 2.24) is 4.90 Å². The molecule has 0 saturated carbocycles. The molecule has 1 saturated heterocycles. The molecule has 1 atom stereocenters. The summed E-state index contributed by atoms with van der Waals surface area (Å²) in [6.07, 6.45) is -0.712. The summed E-state index contributed by atoms with van der Waals surface area (Å²) < 4.78 is 16.9. The summed E-state index contributed by atoms with van der Waals surface area (Å²) in [6, 6.07) is 15.2. The molecule has 1 fully saturated rings. The summed E-state index contributed by atoms with van der Waals surface area (Å²) in [6.45, 7) is 4.26. The molecule has 2 aromatic rings. The van der Waals surface area contributed by atoms with Crippen LogP contribution in [-0.2, 0) is 9.53 Å². The van der Waals surface area contributed by atoms with E-state index in [1.54, 1.807) is 12.0 Å². The van der Waals surface area contributed by atoms with E-state index in [0.29, 0.717) is 37.8 Å². The molecule has 0 aliphatic carbocycles. The molecule has 0 bridgehead atoms. The van der Waals surface area contributed by atoms with Gasteiger partial charge in [-0.2, -0.15) is 0 Å². The smallest absolute Gasteiger partial charge is 0.268 e. The number of nitrogens with zero attached hydrogens (tertiary/aromatic N) is 1. The lowest BCUT2D eigenvalue weighted by Crippen LogP contribution is -2.44. The first-order valence-electron chi connectivity index (χ1n) is 8.42. The van der Waals surface area contributed by atoms with E-state index in [9.17, 15) is 4.79 Å². The fourth-order valence-electron chi connectivity index (χ4n) is 2.84. The highest BCUT2D eigenvalue weighted by Crippen LogP contribution is 2.33. The number of methoxy groups -OCH3 is 1. The molecule has 0 radical (unpaired) electrons. The number of rotatable bonds is 5. The lowest BCUT2D eigenvalue weighted by Gasteiger charge is -2.31. The van der Waals surface area contributed by atoms with Gasteiger partial charge in [0.15, 0.2) is 11.5 Å². The van der Waals surface area contributed by atoms with Crippen molar-refractivity contribution in [1.29, 1.82) is 0 Å². The number of aryl methyl sites for hydroxylation is 1. The Morgan fingerprint density at radius 2 is 1.80 bits per heavy atom. The lowest BCUT2D eigenvalue weighted by molar-refractivity contribution is -0.143. The highest BCUT2D eigenvalue weighted by Gasteiger charge is 2.29. The van der Waals surface area contributed by atoms with Crippen LogP contribution in [0.4, 0.5) is 0 Å². The predicted molar refractivity (Wildman–Crippen MR) is 94.9 cm³/mol. The quantitative estimate of drug-likeness (QED) is 0.839. The molecular formula is C20H23NO4. The van der Waals surface area contributed by atoms with Gasteiger partial charge >= 0.3 is 0 Å². The first-order valence-corrected chi connectivity index (χ1v) is 8.42. The third kappa shape index (κ3) is 4.12. The van der Waals surface area contributed by atoms with E-state index < -0.39 is 6.10 Å². The van der Waals surface area contributed by atoms with Gasteiger partial charge < -0.3 is 19.1 Å². The SMILES string of the molecule is COc1cc(C)ccc1OC(C(=O)N1CCOCC1)c1ccccc1. The minimum absolute atomic E-state index is 0.0582. The molecule has 1 amide bonds. The molecule has 0 aromatic heterocycles. The highest BCUT2D eigenvalue weighted by atomic mass is 16.5. The van der Waals surface area contributed by atoms with E-state index in [1.165, 1.54) is 0 Å². The van der Waals surface area contributed by atoms with Crippen LogP contribution in [0.3, 0.4) is 0 Å². The Balaban J connectivity index is 1.90. The van der Waals surface area contributed by atoms with E-state index in [1.807, 2.05) is 55.5 Å². The van der Waals surface area contributed by atoms with Gasteiger partial charge in [-0.25, -0.2) is 0 Å². The van der Waals surface area contributed by atoms with E-state index in [2.05, 4.69) is 0 Å². The summed E-state index contributed by atoms with van der Waals surface area (Å²) in [5.41, 5.74) is 1.89. The van der Waals surface area contributed by atoms with Crippen LogP contribution in [0.15, 0.2) is 48.5 Å². The normalized spacial score (nSPS) is 15.5. The Morgan fingerprint density at radius 1 is 1.08 bits per heavy atom. The second-order valence-electron chi connectivity index (χ2n) is 6.00. The zero-order valence-electron chi connectivity index (χ0n) is 14.6. The monoisotopic (exact) mass is 341 g/mol. The van der Waals surface area contributed by atoms with Crippen LogP contribution in [0.1, 0.15) is 17.2 Å². The summed E-state index contributed by atoms with van der Waals surface area (Å²) in [5.74, 6) is 1.12. The largest absolute Gasteiger partial charge is 0.493 e. The van der Waals surface area contributed by atoms with E-state index in [0.717, 1.165) is 11.1 Å². The van der Waals surface area contributed by atoms with Gasteiger partial charge in [-0.3, -0.25) is 4.79 Å². The third-order valence-corrected chi connectivity index (χ3v) is 4.21. The molecule has 1 unspecified atom stereocenters. The summed E-state index contributed by atoms with van der Waals surface area (Å²) in [7, 11) is 1.60. The predicted octanol–water partition coefficient (Wildman–Crippen LogP) is 2.98. The number of carbonyl (C=O) groups excluding carboxylic acids is 1. The summed E-state index contributed by atoms with van der Waals surface area (Å²) in [4.78, 5) is 14.9. The standard InChI is InChI=1S/C20H23NO4/c1-15-8-9-17(18(14-15)23-2)25-19(16-6-4-3-5-7-16)20(22)21-10-12-24-13-11-21/h3-9,14,19H,10-13H2,1-2H3. The maximum absolute atomic E-state index is 13.1. The topological polar surface area (TPSA) is 48.0 Å². The van der Waals surface area contributed by atoms with Gasteiger partial charge in [-0.1, -0.05) is 36.4 Å². The average molecular weight is 341 g/mol. The van der Waals surface area contributed by atoms with Crippen molar-refractivity contribution in [3.63, 3.8) is 0 Å². The zero-order chi connectivity index (χ0) is 17.6. The summed E-state index contributed by atoms with van der Waals surface area (Å²) in [5, 5.41) is 0. The fraction of sp³-hybridized carbons (Fsp3) is 0.350. The minimum atomic E-state index is -0.712. The van der Waals surface area contributed by atoms with Gasteiger partial charge in [0.1, 0.15) is 0 Å². The van der Waals surface area contributed by atoms with Crippen molar-refractivity contribution in [3.8, 4) is 11.5 Å². The van der Waals surface area contributed by atoms with Crippen LogP contribution in [0, 0.1) is 6.92 Å². The van der Waals surface area contributed by atoms with Gasteiger partial charge in [-0.05, 0) is 24.6 Å². The Kier molecular flexibility index (Phi) is 5.56. The molecule has 5 nitrogen and oxygen atoms in total. The highest BCUT2D eigenvalue weighted by molar-refractivity contribution is 5.83. The number of amides is 1. The van der Waals surface area contributed by atoms with Crippen molar-refractivity contribution < 1.29 is 19.0 Å². The fourth-order valence-corrected chi connectivity index (χ4v) is 2.84. The van der Waals surface area contributed by atoms with Crippen molar-refractivity contribution in [2.24, 2.45) is 0 Å². The van der Waals surface area contributed by atoms with Crippen LogP contribution >= 0.6 is 0 Å². The van der Waals surface area contributed by atoms with Gasteiger partial charge in [0.2, 0.25) is 6.10 Å². The van der Waals surface area contributed by atoms with Crippen LogP contribution < -0.4 is 9.47 Å². The van der Waals surface area contributed by atoms with Gasteiger partial charge in [0.25, 0.3) is 5.91 Å². The number of hydrogen-bond donors (Lipinski definition) is 0. The second kappa shape index (κ2) is 8.03. The minimum Gasteiger partial charge on any atom is -0.493 e. The Bertz CT molecular complexity index is 711. The summed E-state index contributed by atoms with van der Waals surface area (Å²) >= 11 is 0. The van der Waals surface area contributed by atoms with Crippen molar-refractivity contribution in [3.05, 3.63) is 59.7 Å². The third-order valence-electron chi connectivity index (χ3n) is 4.21. The van der Waals surface area contributed by atoms with E-state index in [-0.39, 0.29) is 5.91 Å². The molecule has 25 heavy (non-hydrogen) atoms. The number of benzene rings is 2. The molecular weight excluding hydrogens is 318 g/mol. The number of carbonyl (C=O) groups is 1. The van der Waals surface area contributed by atoms with Crippen LogP contribution in [0.5, 0.6) is 11.5 Å². The number of ether oxygens (including phenoxy) is 3. The van der Waals surface area contributed by atoms with Gasteiger partial charge in [-0.15, -0.1) is 0 Å². The average Bonchev–Trinajstić information content (AvgIpc) is 2.67. The number of morpholine rings is 1. The molecule has 132 valence electrons. The first-order chi connectivity index (χ1) is 12.2. The van der Waals surface area contributed by atoms with Crippen LogP contribution in [0.25, 0.3) is 0 Å². The molecule has 5 heteroatoms. The molecule has 1 aliphatic rings. The Morgan fingerprint density at radius 3 is 2.48 bits per heavy atom. The maximum atomic E-state index is 13.1. The van der Waals surface area contributed by atoms with Gasteiger partial charge in [0.05, 0.1) is 20.3 Å². The van der Waals surface area contributed by atoms with E-state index >= 15 is 0 Å². The van der Waals surface area contributed by atoms with Crippen molar-refractivity contribution in [2.75, 3.05) is 33.4 Å². The number of hydrogen-bond acceptors (Lipinski definition) is 4. The lowest BCUT2D eigenvalue weighted by atomic mass is 10.1. The molecule has 0 N–H and O–H groups in total. The second-order valence-corrected chi connectivity index (χ2v) is 6.00. The maximum Gasteiger partial charge on any atom is 0.268 e. The Labute approximate surface area is 148 Å². The van der Waals surface area contributed by atoms with Crippen LogP contribution in [-0.4, -0.2) is 44.2 Å². The van der Waals surface area contributed by atoms with Gasteiger partial charge in [0, 0.05) is 18.7 Å². The molecule has 1 heterocycles. The van der Waals surface area contributed by atoms with E-state index in [4.69, 9.17) is 14.2 Å². The molecule has 0 spiro atoms. The van der Waals surface area contributed by atoms with Crippen molar-refractivity contribution in [2.45, 2.75) is 13.0 Å². The Hall–Kier alpha value is -2.53. The molecule has 1 aliphatic heterocycles.